The Morgan fingerprint density at radius 2 is 1.76 bits per heavy atom. The van der Waals surface area contributed by atoms with E-state index in [0.717, 1.165) is 5.56 Å². The number of para-hydroxylation sites is 1. The van der Waals surface area contributed by atoms with Gasteiger partial charge in [-0.1, -0.05) is 30.3 Å². The van der Waals surface area contributed by atoms with Gasteiger partial charge in [0.1, 0.15) is 5.75 Å². The van der Waals surface area contributed by atoms with E-state index in [0.29, 0.717) is 17.0 Å². The molecule has 0 aliphatic carbocycles. The summed E-state index contributed by atoms with van der Waals surface area (Å²) in [7, 11) is 0. The molecule has 2 aromatic rings. The number of rotatable bonds is 2. The number of carbonyl (C=O) groups is 1. The van der Waals surface area contributed by atoms with Gasteiger partial charge >= 0.3 is 5.97 Å². The topological polar surface area (TPSA) is 52.3 Å². The predicted molar refractivity (Wildman–Crippen MR) is 67.0 cm³/mol. The molecule has 0 spiro atoms. The van der Waals surface area contributed by atoms with E-state index >= 15 is 0 Å². The fraction of sp³-hybridized carbons (Fsp3) is 0.0714. The molecule has 3 heteroatoms. The number of hydrogen-bond acceptors (Lipinski definition) is 3. The van der Waals surface area contributed by atoms with E-state index in [9.17, 15) is 4.79 Å². The van der Waals surface area contributed by atoms with E-state index in [2.05, 4.69) is 0 Å². The smallest absolute Gasteiger partial charge is 0.345 e. The highest BCUT2D eigenvalue weighted by Crippen LogP contribution is 2.19. The molecule has 2 aromatic carbocycles. The number of nitrogen functional groups attached to an aromatic ring is 1. The Morgan fingerprint density at radius 3 is 2.41 bits per heavy atom. The number of benzene rings is 2. The lowest BCUT2D eigenvalue weighted by Crippen LogP contribution is -2.12. The summed E-state index contributed by atoms with van der Waals surface area (Å²) in [6.45, 7) is 1.83. The lowest BCUT2D eigenvalue weighted by molar-refractivity contribution is 0.0735. The van der Waals surface area contributed by atoms with Crippen molar-refractivity contribution in [1.29, 1.82) is 0 Å². The van der Waals surface area contributed by atoms with Crippen molar-refractivity contribution in [2.24, 2.45) is 0 Å². The van der Waals surface area contributed by atoms with Crippen molar-refractivity contribution >= 4 is 11.7 Å². The molecule has 0 amide bonds. The first-order chi connectivity index (χ1) is 8.18. The highest BCUT2D eigenvalue weighted by atomic mass is 16.5. The molecule has 0 saturated heterocycles. The van der Waals surface area contributed by atoms with Crippen LogP contribution in [0.3, 0.4) is 0 Å². The molecular formula is C14H13NO2. The Hall–Kier alpha value is -2.29. The molecule has 0 aliphatic heterocycles. The first kappa shape index (κ1) is 11.2. The third-order valence-electron chi connectivity index (χ3n) is 2.46. The number of esters is 1. The monoisotopic (exact) mass is 227 g/mol. The van der Waals surface area contributed by atoms with Gasteiger partial charge in [-0.3, -0.25) is 0 Å². The molecule has 0 heterocycles. The van der Waals surface area contributed by atoms with Gasteiger partial charge in [0.2, 0.25) is 0 Å². The molecule has 0 aliphatic rings. The van der Waals surface area contributed by atoms with Gasteiger partial charge in [0.05, 0.1) is 5.56 Å². The molecule has 0 unspecified atom stereocenters. The van der Waals surface area contributed by atoms with Crippen LogP contribution >= 0.6 is 0 Å². The van der Waals surface area contributed by atoms with Crippen molar-refractivity contribution in [3.8, 4) is 5.75 Å². The third-order valence-corrected chi connectivity index (χ3v) is 2.46. The Bertz CT molecular complexity index is 515. The predicted octanol–water partition coefficient (Wildman–Crippen LogP) is 2.80. The van der Waals surface area contributed by atoms with Crippen LogP contribution in [0.2, 0.25) is 0 Å². The quantitative estimate of drug-likeness (QED) is 0.487. The van der Waals surface area contributed by atoms with Crippen LogP contribution in [0, 0.1) is 6.92 Å². The van der Waals surface area contributed by atoms with Crippen molar-refractivity contribution in [3.05, 3.63) is 59.7 Å². The normalized spacial score (nSPS) is 9.94. The fourth-order valence-corrected chi connectivity index (χ4v) is 1.62. The summed E-state index contributed by atoms with van der Waals surface area (Å²) in [5.41, 5.74) is 7.45. The summed E-state index contributed by atoms with van der Waals surface area (Å²) in [4.78, 5) is 12.0. The molecule has 3 nitrogen and oxygen atoms in total. The minimum atomic E-state index is -0.424. The Labute approximate surface area is 99.8 Å². The SMILES string of the molecule is Cc1cccc(N)c1C(=O)Oc1ccccc1. The zero-order valence-corrected chi connectivity index (χ0v) is 9.51. The third kappa shape index (κ3) is 2.45. The van der Waals surface area contributed by atoms with E-state index in [-0.39, 0.29) is 0 Å². The van der Waals surface area contributed by atoms with Crippen molar-refractivity contribution in [2.45, 2.75) is 6.92 Å². The minimum absolute atomic E-state index is 0.424. The molecule has 2 N–H and O–H groups in total. The first-order valence-electron chi connectivity index (χ1n) is 5.31. The summed E-state index contributed by atoms with van der Waals surface area (Å²) >= 11 is 0. The van der Waals surface area contributed by atoms with Gasteiger partial charge in [0.15, 0.2) is 0 Å². The van der Waals surface area contributed by atoms with Gasteiger partial charge in [-0.05, 0) is 30.7 Å². The molecule has 86 valence electrons. The minimum Gasteiger partial charge on any atom is -0.423 e. The number of hydrogen-bond donors (Lipinski definition) is 1. The second-order valence-electron chi connectivity index (χ2n) is 3.74. The molecule has 2 rings (SSSR count). The molecule has 0 fully saturated rings. The molecule has 0 atom stereocenters. The average Bonchev–Trinajstić information content (AvgIpc) is 2.30. The van der Waals surface area contributed by atoms with Crippen molar-refractivity contribution in [2.75, 3.05) is 5.73 Å². The average molecular weight is 227 g/mol. The van der Waals surface area contributed by atoms with Gasteiger partial charge in [0, 0.05) is 5.69 Å². The highest BCUT2D eigenvalue weighted by Gasteiger charge is 2.14. The van der Waals surface area contributed by atoms with Crippen LogP contribution in [0.25, 0.3) is 0 Å². The van der Waals surface area contributed by atoms with Crippen LogP contribution in [0.5, 0.6) is 5.75 Å². The van der Waals surface area contributed by atoms with Gasteiger partial charge in [-0.2, -0.15) is 0 Å². The van der Waals surface area contributed by atoms with Crippen LogP contribution in [-0.4, -0.2) is 5.97 Å². The lowest BCUT2D eigenvalue weighted by Gasteiger charge is -2.08. The summed E-state index contributed by atoms with van der Waals surface area (Å²) in [6.07, 6.45) is 0. The first-order valence-corrected chi connectivity index (χ1v) is 5.31. The number of nitrogens with two attached hydrogens (primary N) is 1. The van der Waals surface area contributed by atoms with Crippen molar-refractivity contribution in [3.63, 3.8) is 0 Å². The fourth-order valence-electron chi connectivity index (χ4n) is 1.62. The molecule has 17 heavy (non-hydrogen) atoms. The molecule has 0 aromatic heterocycles. The summed E-state index contributed by atoms with van der Waals surface area (Å²) in [5.74, 6) is 0.0898. The largest absolute Gasteiger partial charge is 0.423 e. The second-order valence-corrected chi connectivity index (χ2v) is 3.74. The standard InChI is InChI=1S/C14H13NO2/c1-10-6-5-9-12(15)13(10)14(16)17-11-7-3-2-4-8-11/h2-9H,15H2,1H3. The summed E-state index contributed by atoms with van der Waals surface area (Å²) in [5, 5.41) is 0. The number of carbonyl (C=O) groups excluding carboxylic acids is 1. The Balaban J connectivity index is 2.27. The van der Waals surface area contributed by atoms with E-state index in [1.807, 2.05) is 37.3 Å². The maximum absolute atomic E-state index is 12.0. The number of anilines is 1. The Morgan fingerprint density at radius 1 is 1.06 bits per heavy atom. The zero-order chi connectivity index (χ0) is 12.3. The number of aryl methyl sites for hydroxylation is 1. The van der Waals surface area contributed by atoms with Crippen LogP contribution in [-0.2, 0) is 0 Å². The zero-order valence-electron chi connectivity index (χ0n) is 9.51. The summed E-state index contributed by atoms with van der Waals surface area (Å²) in [6, 6.07) is 14.3. The molecule has 0 saturated carbocycles. The Kier molecular flexibility index (Phi) is 3.10. The van der Waals surface area contributed by atoms with E-state index in [1.54, 1.807) is 18.2 Å². The van der Waals surface area contributed by atoms with Gasteiger partial charge in [-0.15, -0.1) is 0 Å². The van der Waals surface area contributed by atoms with E-state index in [1.165, 1.54) is 0 Å². The van der Waals surface area contributed by atoms with Gasteiger partial charge in [0.25, 0.3) is 0 Å². The van der Waals surface area contributed by atoms with Gasteiger partial charge < -0.3 is 10.5 Å². The highest BCUT2D eigenvalue weighted by molar-refractivity contribution is 5.97. The maximum Gasteiger partial charge on any atom is 0.345 e. The van der Waals surface area contributed by atoms with Crippen LogP contribution in [0.15, 0.2) is 48.5 Å². The second kappa shape index (κ2) is 4.70. The van der Waals surface area contributed by atoms with Crippen LogP contribution in [0.4, 0.5) is 5.69 Å². The van der Waals surface area contributed by atoms with Crippen molar-refractivity contribution < 1.29 is 9.53 Å². The molecular weight excluding hydrogens is 214 g/mol. The molecule has 0 radical (unpaired) electrons. The van der Waals surface area contributed by atoms with Gasteiger partial charge in [-0.25, -0.2) is 4.79 Å². The van der Waals surface area contributed by atoms with Crippen LogP contribution in [0.1, 0.15) is 15.9 Å². The summed E-state index contributed by atoms with van der Waals surface area (Å²) < 4.78 is 5.24. The maximum atomic E-state index is 12.0. The number of ether oxygens (including phenoxy) is 1. The molecule has 0 bridgehead atoms. The van der Waals surface area contributed by atoms with E-state index in [4.69, 9.17) is 10.5 Å². The van der Waals surface area contributed by atoms with Crippen molar-refractivity contribution in [1.82, 2.24) is 0 Å². The van der Waals surface area contributed by atoms with E-state index < -0.39 is 5.97 Å². The van der Waals surface area contributed by atoms with Crippen LogP contribution < -0.4 is 10.5 Å². The lowest BCUT2D eigenvalue weighted by atomic mass is 10.1.